The number of hydrogen-bond acceptors (Lipinski definition) is 5. The lowest BCUT2D eigenvalue weighted by Crippen LogP contribution is -2.34. The quantitative estimate of drug-likeness (QED) is 0.845. The van der Waals surface area contributed by atoms with Crippen LogP contribution >= 0.6 is 12.4 Å². The topological polar surface area (TPSA) is 60.1 Å². The second kappa shape index (κ2) is 8.04. The summed E-state index contributed by atoms with van der Waals surface area (Å²) in [5, 5.41) is 1.70. The Morgan fingerprint density at radius 2 is 1.67 bits per heavy atom. The second-order valence-corrected chi connectivity index (χ2v) is 5.46. The van der Waals surface area contributed by atoms with E-state index in [0.717, 1.165) is 42.4 Å². The normalized spacial score (nSPS) is 13.3. The van der Waals surface area contributed by atoms with Crippen LogP contribution in [0.5, 0.6) is 11.5 Å². The first-order valence-electron chi connectivity index (χ1n) is 7.58. The molecule has 0 atom stereocenters. The minimum atomic E-state index is 0. The summed E-state index contributed by atoms with van der Waals surface area (Å²) in [5.74, 6) is 8.27. The minimum Gasteiger partial charge on any atom is -0.493 e. The Kier molecular flexibility index (Phi) is 6.06. The Bertz CT molecular complexity index is 717. The van der Waals surface area contributed by atoms with Crippen LogP contribution in [0.15, 0.2) is 47.5 Å². The van der Waals surface area contributed by atoms with Crippen molar-refractivity contribution < 1.29 is 9.47 Å². The fraction of sp³-hybridized carbons (Fsp3) is 0.278. The molecule has 24 heavy (non-hydrogen) atoms. The predicted molar refractivity (Wildman–Crippen MR) is 98.3 cm³/mol. The summed E-state index contributed by atoms with van der Waals surface area (Å²) in [6.07, 6.45) is 0.833. The van der Waals surface area contributed by atoms with Crippen LogP contribution in [-0.2, 0) is 6.42 Å². The monoisotopic (exact) mass is 347 g/mol. The smallest absolute Gasteiger partial charge is 0.160 e. The van der Waals surface area contributed by atoms with Gasteiger partial charge >= 0.3 is 0 Å². The zero-order chi connectivity index (χ0) is 16.2. The van der Waals surface area contributed by atoms with E-state index in [-0.39, 0.29) is 12.4 Å². The highest BCUT2D eigenvalue weighted by molar-refractivity contribution is 5.99. The number of amidine groups is 1. The zero-order valence-electron chi connectivity index (χ0n) is 13.9. The van der Waals surface area contributed by atoms with Crippen molar-refractivity contribution in [2.45, 2.75) is 6.42 Å². The second-order valence-electron chi connectivity index (χ2n) is 5.46. The SMILES string of the molecule is COc1ccc(Cc2ccc(C3=NCCN3N)cc2)cc1OC.Cl. The van der Waals surface area contributed by atoms with E-state index in [1.54, 1.807) is 19.2 Å². The Balaban J connectivity index is 0.00000208. The highest BCUT2D eigenvalue weighted by Gasteiger charge is 2.15. The largest absolute Gasteiger partial charge is 0.493 e. The van der Waals surface area contributed by atoms with Gasteiger partial charge in [-0.1, -0.05) is 30.3 Å². The van der Waals surface area contributed by atoms with E-state index in [0.29, 0.717) is 0 Å². The fourth-order valence-electron chi connectivity index (χ4n) is 2.72. The molecule has 0 fully saturated rings. The molecule has 128 valence electrons. The van der Waals surface area contributed by atoms with Gasteiger partial charge in [0, 0.05) is 5.56 Å². The molecule has 2 N–H and O–H groups in total. The third kappa shape index (κ3) is 3.80. The van der Waals surface area contributed by atoms with Crippen molar-refractivity contribution in [3.8, 4) is 11.5 Å². The Labute approximate surface area is 148 Å². The van der Waals surface area contributed by atoms with Gasteiger partial charge in [0.1, 0.15) is 5.84 Å². The third-order valence-electron chi connectivity index (χ3n) is 3.94. The molecule has 5 nitrogen and oxygen atoms in total. The first-order valence-corrected chi connectivity index (χ1v) is 7.58. The molecule has 2 aromatic carbocycles. The molecule has 0 spiro atoms. The average molecular weight is 348 g/mol. The van der Waals surface area contributed by atoms with Gasteiger partial charge < -0.3 is 9.47 Å². The molecule has 0 radical (unpaired) electrons. The van der Waals surface area contributed by atoms with Crippen LogP contribution in [0.25, 0.3) is 0 Å². The minimum absolute atomic E-state index is 0. The van der Waals surface area contributed by atoms with Gasteiger partial charge in [-0.05, 0) is 29.7 Å². The highest BCUT2D eigenvalue weighted by atomic mass is 35.5. The first-order chi connectivity index (χ1) is 11.2. The van der Waals surface area contributed by atoms with Gasteiger partial charge in [0.25, 0.3) is 0 Å². The lowest BCUT2D eigenvalue weighted by atomic mass is 10.0. The molecular weight excluding hydrogens is 326 g/mol. The number of methoxy groups -OCH3 is 2. The van der Waals surface area contributed by atoms with Crippen LogP contribution in [0, 0.1) is 0 Å². The first kappa shape index (κ1) is 18.1. The van der Waals surface area contributed by atoms with Crippen molar-refractivity contribution in [3.05, 3.63) is 59.2 Å². The van der Waals surface area contributed by atoms with Crippen molar-refractivity contribution in [1.29, 1.82) is 0 Å². The lowest BCUT2D eigenvalue weighted by molar-refractivity contribution is 0.354. The summed E-state index contributed by atoms with van der Waals surface area (Å²) >= 11 is 0. The fourth-order valence-corrected chi connectivity index (χ4v) is 2.72. The van der Waals surface area contributed by atoms with E-state index in [1.807, 2.05) is 12.1 Å². The van der Waals surface area contributed by atoms with E-state index in [2.05, 4.69) is 35.3 Å². The van der Waals surface area contributed by atoms with E-state index in [4.69, 9.17) is 15.3 Å². The summed E-state index contributed by atoms with van der Waals surface area (Å²) in [7, 11) is 3.29. The Morgan fingerprint density at radius 3 is 2.25 bits per heavy atom. The van der Waals surface area contributed by atoms with Gasteiger partial charge in [0.15, 0.2) is 11.5 Å². The molecular formula is C18H22ClN3O2. The molecule has 3 rings (SSSR count). The molecule has 1 aliphatic rings. The Hall–Kier alpha value is -2.24. The number of benzene rings is 2. The van der Waals surface area contributed by atoms with Crippen LogP contribution in [0.1, 0.15) is 16.7 Å². The third-order valence-corrected chi connectivity index (χ3v) is 3.94. The predicted octanol–water partition coefficient (Wildman–Crippen LogP) is 2.65. The molecule has 6 heteroatoms. The number of rotatable bonds is 5. The zero-order valence-corrected chi connectivity index (χ0v) is 14.7. The molecule has 1 aliphatic heterocycles. The van der Waals surface area contributed by atoms with E-state index < -0.39 is 0 Å². The Morgan fingerprint density at radius 1 is 1.00 bits per heavy atom. The van der Waals surface area contributed by atoms with Crippen molar-refractivity contribution >= 4 is 18.2 Å². The van der Waals surface area contributed by atoms with Crippen LogP contribution < -0.4 is 15.3 Å². The molecule has 0 amide bonds. The maximum atomic E-state index is 5.91. The number of hydrogen-bond donors (Lipinski definition) is 1. The molecule has 0 saturated heterocycles. The molecule has 1 heterocycles. The van der Waals surface area contributed by atoms with E-state index >= 15 is 0 Å². The lowest BCUT2D eigenvalue weighted by Gasteiger charge is -2.13. The molecule has 0 bridgehead atoms. The summed E-state index contributed by atoms with van der Waals surface area (Å²) < 4.78 is 10.6. The van der Waals surface area contributed by atoms with Gasteiger partial charge in [-0.15, -0.1) is 12.4 Å². The van der Waals surface area contributed by atoms with Crippen LogP contribution in [0.4, 0.5) is 0 Å². The van der Waals surface area contributed by atoms with Crippen molar-refractivity contribution in [1.82, 2.24) is 5.01 Å². The molecule has 0 aliphatic carbocycles. The van der Waals surface area contributed by atoms with Crippen LogP contribution in [-0.4, -0.2) is 38.2 Å². The van der Waals surface area contributed by atoms with E-state index in [1.165, 1.54) is 11.1 Å². The number of nitrogens with zero attached hydrogens (tertiary/aromatic N) is 2. The average Bonchev–Trinajstić information content (AvgIpc) is 3.01. The van der Waals surface area contributed by atoms with Crippen molar-refractivity contribution in [2.24, 2.45) is 10.8 Å². The van der Waals surface area contributed by atoms with E-state index in [9.17, 15) is 0 Å². The van der Waals surface area contributed by atoms with Gasteiger partial charge in [-0.3, -0.25) is 10.0 Å². The summed E-state index contributed by atoms with van der Waals surface area (Å²) in [5.41, 5.74) is 3.46. The standard InChI is InChI=1S/C18H21N3O2.ClH/c1-22-16-8-5-14(12-17(16)23-2)11-13-3-6-15(7-4-13)18-20-9-10-21(18)19;/h3-8,12H,9-11,19H2,1-2H3;1H. The molecule has 2 aromatic rings. The summed E-state index contributed by atoms with van der Waals surface area (Å²) in [4.78, 5) is 4.43. The van der Waals surface area contributed by atoms with Crippen molar-refractivity contribution in [3.63, 3.8) is 0 Å². The number of nitrogens with two attached hydrogens (primary N) is 1. The summed E-state index contributed by atoms with van der Waals surface area (Å²) in [6.45, 7) is 1.54. The molecule has 0 saturated carbocycles. The van der Waals surface area contributed by atoms with Gasteiger partial charge in [-0.2, -0.15) is 0 Å². The molecule has 0 unspecified atom stereocenters. The maximum absolute atomic E-state index is 5.91. The van der Waals surface area contributed by atoms with Crippen molar-refractivity contribution in [2.75, 3.05) is 27.3 Å². The summed E-state index contributed by atoms with van der Waals surface area (Å²) in [6, 6.07) is 14.4. The number of aliphatic imine (C=N–C) groups is 1. The van der Waals surface area contributed by atoms with Gasteiger partial charge in [-0.25, -0.2) is 5.84 Å². The number of ether oxygens (including phenoxy) is 2. The van der Waals surface area contributed by atoms with Gasteiger partial charge in [0.05, 0.1) is 27.3 Å². The highest BCUT2D eigenvalue weighted by Crippen LogP contribution is 2.28. The maximum Gasteiger partial charge on any atom is 0.160 e. The number of hydrazine groups is 1. The van der Waals surface area contributed by atoms with Crippen LogP contribution in [0.2, 0.25) is 0 Å². The number of halogens is 1. The van der Waals surface area contributed by atoms with Crippen LogP contribution in [0.3, 0.4) is 0 Å². The van der Waals surface area contributed by atoms with Gasteiger partial charge in [0.2, 0.25) is 0 Å². The molecule has 0 aromatic heterocycles.